The van der Waals surface area contributed by atoms with Crippen LogP contribution in [0.2, 0.25) is 0 Å². The smallest absolute Gasteiger partial charge is 0.417 e. The van der Waals surface area contributed by atoms with E-state index in [4.69, 9.17) is 9.47 Å². The number of hydrogen-bond donors (Lipinski definition) is 1. The molecule has 0 bridgehead atoms. The standard InChI is InChI=1S/C20H18F5N5O3/c1-9-14(11-5-6-12(21)15(22)16(11)32-3)17(33-19(9,2)20(23,24)25)18(31)26-10-4-7-13-27-28-29-30(13)8-10/h4-9,14,17H,1-3H3,(H,26,31). The third-order valence-corrected chi connectivity index (χ3v) is 6.03. The van der Waals surface area contributed by atoms with Crippen LogP contribution in [0.5, 0.6) is 5.75 Å². The number of hydrogen-bond acceptors (Lipinski definition) is 6. The largest absolute Gasteiger partial charge is 0.493 e. The molecule has 13 heteroatoms. The molecule has 0 spiro atoms. The molecule has 1 fully saturated rings. The highest BCUT2D eigenvalue weighted by atomic mass is 19.4. The van der Waals surface area contributed by atoms with E-state index in [-0.39, 0.29) is 11.3 Å². The molecule has 8 nitrogen and oxygen atoms in total. The number of halogens is 5. The molecule has 1 aliphatic rings. The Bertz CT molecular complexity index is 1220. The van der Waals surface area contributed by atoms with Crippen LogP contribution in [-0.4, -0.2) is 50.9 Å². The minimum absolute atomic E-state index is 0.118. The lowest BCUT2D eigenvalue weighted by Crippen LogP contribution is -2.47. The predicted octanol–water partition coefficient (Wildman–Crippen LogP) is 3.49. The molecule has 33 heavy (non-hydrogen) atoms. The van der Waals surface area contributed by atoms with Crippen molar-refractivity contribution in [1.82, 2.24) is 20.0 Å². The number of pyridine rings is 1. The van der Waals surface area contributed by atoms with Crippen LogP contribution >= 0.6 is 0 Å². The Balaban J connectivity index is 1.76. The summed E-state index contributed by atoms with van der Waals surface area (Å²) >= 11 is 0. The molecule has 176 valence electrons. The molecular formula is C20H18F5N5O3. The van der Waals surface area contributed by atoms with Crippen molar-refractivity contribution in [2.45, 2.75) is 37.6 Å². The van der Waals surface area contributed by atoms with Crippen LogP contribution < -0.4 is 10.1 Å². The predicted molar refractivity (Wildman–Crippen MR) is 104 cm³/mol. The molecular weight excluding hydrogens is 453 g/mol. The molecule has 1 N–H and O–H groups in total. The monoisotopic (exact) mass is 471 g/mol. The van der Waals surface area contributed by atoms with Crippen molar-refractivity contribution < 1.29 is 36.2 Å². The molecule has 3 aromatic rings. The van der Waals surface area contributed by atoms with Crippen LogP contribution in [0, 0.1) is 17.6 Å². The summed E-state index contributed by atoms with van der Waals surface area (Å²) in [6, 6.07) is 4.81. The first-order valence-electron chi connectivity index (χ1n) is 9.73. The average Bonchev–Trinajstić information content (AvgIpc) is 3.32. The van der Waals surface area contributed by atoms with Gasteiger partial charge in [0.15, 0.2) is 22.8 Å². The van der Waals surface area contributed by atoms with E-state index in [9.17, 15) is 26.7 Å². The maximum absolute atomic E-state index is 14.4. The minimum atomic E-state index is -4.85. The maximum atomic E-state index is 14.4. The van der Waals surface area contributed by atoms with Gasteiger partial charge >= 0.3 is 6.18 Å². The van der Waals surface area contributed by atoms with Crippen LogP contribution in [-0.2, 0) is 9.53 Å². The molecule has 0 saturated carbocycles. The molecule has 4 atom stereocenters. The zero-order valence-electron chi connectivity index (χ0n) is 17.5. The highest BCUT2D eigenvalue weighted by Gasteiger charge is 2.65. The molecule has 4 unspecified atom stereocenters. The highest BCUT2D eigenvalue weighted by molar-refractivity contribution is 5.95. The van der Waals surface area contributed by atoms with Crippen LogP contribution in [0.1, 0.15) is 25.3 Å². The fourth-order valence-corrected chi connectivity index (χ4v) is 4.07. The van der Waals surface area contributed by atoms with Crippen LogP contribution in [0.15, 0.2) is 30.5 Å². The lowest BCUT2D eigenvalue weighted by molar-refractivity contribution is -0.272. The fraction of sp³-hybridized carbons (Fsp3) is 0.400. The van der Waals surface area contributed by atoms with Gasteiger partial charge in [-0.2, -0.15) is 22.1 Å². The van der Waals surface area contributed by atoms with E-state index < -0.39 is 53.0 Å². The van der Waals surface area contributed by atoms with Gasteiger partial charge in [-0.15, -0.1) is 5.10 Å². The second-order valence-electron chi connectivity index (χ2n) is 7.83. The lowest BCUT2D eigenvalue weighted by Gasteiger charge is -2.32. The maximum Gasteiger partial charge on any atom is 0.417 e. The molecule has 0 radical (unpaired) electrons. The Morgan fingerprint density at radius 2 is 1.97 bits per heavy atom. The number of benzene rings is 1. The zero-order chi connectivity index (χ0) is 24.1. The molecule has 1 aromatic carbocycles. The number of alkyl halides is 3. The first-order chi connectivity index (χ1) is 15.5. The second kappa shape index (κ2) is 7.90. The van der Waals surface area contributed by atoms with Gasteiger partial charge in [0, 0.05) is 17.4 Å². The van der Waals surface area contributed by atoms with Gasteiger partial charge in [-0.3, -0.25) is 4.79 Å². The highest BCUT2D eigenvalue weighted by Crippen LogP contribution is 2.55. The summed E-state index contributed by atoms with van der Waals surface area (Å²) in [5.41, 5.74) is -2.29. The number of ether oxygens (including phenoxy) is 2. The van der Waals surface area contributed by atoms with Crippen molar-refractivity contribution in [3.63, 3.8) is 0 Å². The van der Waals surface area contributed by atoms with E-state index in [1.165, 1.54) is 29.8 Å². The number of amides is 1. The SMILES string of the molecule is COc1c(C2C(C(=O)Nc3ccc4nnnn4c3)OC(C)(C(F)(F)F)C2C)ccc(F)c1F. The number of methoxy groups -OCH3 is 1. The van der Waals surface area contributed by atoms with Gasteiger partial charge < -0.3 is 14.8 Å². The van der Waals surface area contributed by atoms with E-state index in [0.717, 1.165) is 26.2 Å². The normalized spacial score (nSPS) is 25.4. The number of nitrogens with one attached hydrogen (secondary N) is 1. The van der Waals surface area contributed by atoms with Crippen molar-refractivity contribution in [1.29, 1.82) is 0 Å². The Kier molecular flexibility index (Phi) is 5.47. The van der Waals surface area contributed by atoms with Gasteiger partial charge in [-0.25, -0.2) is 4.39 Å². The number of tetrazole rings is 1. The number of carbonyl (C=O) groups is 1. The van der Waals surface area contributed by atoms with Gasteiger partial charge in [0.2, 0.25) is 5.82 Å². The summed E-state index contributed by atoms with van der Waals surface area (Å²) in [5, 5.41) is 13.3. The average molecular weight is 471 g/mol. The summed E-state index contributed by atoms with van der Waals surface area (Å²) in [6.45, 7) is 2.05. The number of carbonyl (C=O) groups excluding carboxylic acids is 1. The van der Waals surface area contributed by atoms with Gasteiger partial charge in [0.05, 0.1) is 19.0 Å². The molecule has 1 aliphatic heterocycles. The third-order valence-electron chi connectivity index (χ3n) is 6.03. The lowest BCUT2D eigenvalue weighted by atomic mass is 9.77. The molecule has 1 saturated heterocycles. The van der Waals surface area contributed by atoms with Crippen molar-refractivity contribution in [3.8, 4) is 5.75 Å². The summed E-state index contributed by atoms with van der Waals surface area (Å²) in [7, 11) is 1.06. The topological polar surface area (TPSA) is 90.6 Å². The number of aromatic nitrogens is 4. The summed E-state index contributed by atoms with van der Waals surface area (Å²) < 4.78 is 81.5. The molecule has 2 aromatic heterocycles. The van der Waals surface area contributed by atoms with E-state index in [2.05, 4.69) is 20.8 Å². The quantitative estimate of drug-likeness (QED) is 0.586. The van der Waals surface area contributed by atoms with Gasteiger partial charge in [-0.05, 0) is 35.5 Å². The number of nitrogens with zero attached hydrogens (tertiary/aromatic N) is 4. The third kappa shape index (κ3) is 3.65. The zero-order valence-corrected chi connectivity index (χ0v) is 17.5. The molecule has 0 aliphatic carbocycles. The van der Waals surface area contributed by atoms with Crippen molar-refractivity contribution in [2.24, 2.45) is 5.92 Å². The molecule has 4 rings (SSSR count). The molecule has 1 amide bonds. The first kappa shape index (κ1) is 22.8. The van der Waals surface area contributed by atoms with E-state index >= 15 is 0 Å². The van der Waals surface area contributed by atoms with Crippen LogP contribution in [0.4, 0.5) is 27.6 Å². The Labute approximate surface area is 183 Å². The fourth-order valence-electron chi connectivity index (χ4n) is 4.07. The summed E-state index contributed by atoms with van der Waals surface area (Å²) in [6.07, 6.45) is -5.19. The Hall–Kier alpha value is -3.35. The van der Waals surface area contributed by atoms with Crippen LogP contribution in [0.3, 0.4) is 0 Å². The minimum Gasteiger partial charge on any atom is -0.493 e. The summed E-state index contributed by atoms with van der Waals surface area (Å²) in [4.78, 5) is 13.1. The number of fused-ring (bicyclic) bond motifs is 1. The van der Waals surface area contributed by atoms with Gasteiger partial charge in [-0.1, -0.05) is 13.0 Å². The number of rotatable bonds is 4. The van der Waals surface area contributed by atoms with E-state index in [1.54, 1.807) is 0 Å². The van der Waals surface area contributed by atoms with Crippen molar-refractivity contribution >= 4 is 17.2 Å². The number of anilines is 1. The van der Waals surface area contributed by atoms with Crippen LogP contribution in [0.25, 0.3) is 5.65 Å². The Morgan fingerprint density at radius 3 is 2.64 bits per heavy atom. The molecule has 3 heterocycles. The van der Waals surface area contributed by atoms with Crippen molar-refractivity contribution in [3.05, 3.63) is 47.7 Å². The van der Waals surface area contributed by atoms with Gasteiger partial charge in [0.25, 0.3) is 5.91 Å². The van der Waals surface area contributed by atoms with E-state index in [0.29, 0.717) is 5.65 Å². The second-order valence-corrected chi connectivity index (χ2v) is 7.83. The summed E-state index contributed by atoms with van der Waals surface area (Å²) in [5.74, 6) is -6.77. The van der Waals surface area contributed by atoms with E-state index in [1.807, 2.05) is 0 Å². The first-order valence-corrected chi connectivity index (χ1v) is 9.73. The van der Waals surface area contributed by atoms with Gasteiger partial charge in [0.1, 0.15) is 6.10 Å². The van der Waals surface area contributed by atoms with Crippen molar-refractivity contribution in [2.75, 3.05) is 12.4 Å². The Morgan fingerprint density at radius 1 is 1.24 bits per heavy atom.